The third kappa shape index (κ3) is 1.87. The minimum atomic E-state index is 0.500. The van der Waals surface area contributed by atoms with Gasteiger partial charge in [-0.15, -0.1) is 0 Å². The first-order valence-electron chi connectivity index (χ1n) is 4.89. The lowest BCUT2D eigenvalue weighted by molar-refractivity contribution is 0.522. The molecule has 0 radical (unpaired) electrons. The van der Waals surface area contributed by atoms with Gasteiger partial charge in [-0.2, -0.15) is 0 Å². The van der Waals surface area contributed by atoms with Crippen molar-refractivity contribution in [3.05, 3.63) is 54.0 Å². The van der Waals surface area contributed by atoms with Crippen molar-refractivity contribution >= 4 is 5.57 Å². The van der Waals surface area contributed by atoms with E-state index in [2.05, 4.69) is 37.3 Å². The van der Waals surface area contributed by atoms with Crippen molar-refractivity contribution in [3.8, 4) is 0 Å². The van der Waals surface area contributed by atoms with E-state index in [0.717, 1.165) is 17.1 Å². The van der Waals surface area contributed by atoms with Crippen LogP contribution in [0.2, 0.25) is 0 Å². The molecule has 1 unspecified atom stereocenters. The van der Waals surface area contributed by atoms with Crippen LogP contribution in [0.1, 0.15) is 18.4 Å². The summed E-state index contributed by atoms with van der Waals surface area (Å²) in [5.74, 6) is 2.40. The SMILES string of the molecule is Cc1ccc(C2=CC=CC(C)C=C2)o1. The Morgan fingerprint density at radius 3 is 2.79 bits per heavy atom. The van der Waals surface area contributed by atoms with Gasteiger partial charge < -0.3 is 4.42 Å². The Kier molecular flexibility index (Phi) is 2.40. The summed E-state index contributed by atoms with van der Waals surface area (Å²) >= 11 is 0. The Hall–Kier alpha value is -1.50. The summed E-state index contributed by atoms with van der Waals surface area (Å²) in [6.45, 7) is 4.13. The van der Waals surface area contributed by atoms with Gasteiger partial charge in [-0.1, -0.05) is 37.3 Å². The lowest BCUT2D eigenvalue weighted by atomic mass is 10.1. The fraction of sp³-hybridized carbons (Fsp3) is 0.231. The Morgan fingerprint density at radius 1 is 1.21 bits per heavy atom. The highest BCUT2D eigenvalue weighted by molar-refractivity contribution is 5.72. The zero-order valence-corrected chi connectivity index (χ0v) is 8.53. The lowest BCUT2D eigenvalue weighted by Gasteiger charge is -1.95. The average molecular weight is 186 g/mol. The van der Waals surface area contributed by atoms with Gasteiger partial charge in [-0.25, -0.2) is 0 Å². The van der Waals surface area contributed by atoms with Crippen molar-refractivity contribution < 1.29 is 4.42 Å². The number of rotatable bonds is 1. The number of hydrogen-bond acceptors (Lipinski definition) is 1. The zero-order valence-electron chi connectivity index (χ0n) is 8.53. The zero-order chi connectivity index (χ0) is 9.97. The summed E-state index contributed by atoms with van der Waals surface area (Å²) in [7, 11) is 0. The second-order valence-corrected chi connectivity index (χ2v) is 3.64. The van der Waals surface area contributed by atoms with Gasteiger partial charge in [0.1, 0.15) is 11.5 Å². The largest absolute Gasteiger partial charge is 0.461 e. The predicted molar refractivity (Wildman–Crippen MR) is 58.9 cm³/mol. The third-order valence-electron chi connectivity index (χ3n) is 2.29. The van der Waals surface area contributed by atoms with Crippen molar-refractivity contribution in [2.45, 2.75) is 13.8 Å². The molecule has 1 aliphatic rings. The van der Waals surface area contributed by atoms with Gasteiger partial charge in [-0.05, 0) is 25.0 Å². The Labute approximate surface area is 84.4 Å². The van der Waals surface area contributed by atoms with Crippen LogP contribution < -0.4 is 0 Å². The fourth-order valence-corrected chi connectivity index (χ4v) is 1.46. The van der Waals surface area contributed by atoms with E-state index in [1.165, 1.54) is 0 Å². The summed E-state index contributed by atoms with van der Waals surface area (Å²) in [5.41, 5.74) is 1.14. The van der Waals surface area contributed by atoms with Crippen LogP contribution in [0.15, 0.2) is 46.9 Å². The van der Waals surface area contributed by atoms with Crippen LogP contribution in [0.4, 0.5) is 0 Å². The molecule has 1 atom stereocenters. The van der Waals surface area contributed by atoms with Crippen LogP contribution in [0, 0.1) is 12.8 Å². The minimum Gasteiger partial charge on any atom is -0.461 e. The van der Waals surface area contributed by atoms with E-state index in [4.69, 9.17) is 4.42 Å². The summed E-state index contributed by atoms with van der Waals surface area (Å²) in [6.07, 6.45) is 10.6. The Morgan fingerprint density at radius 2 is 2.07 bits per heavy atom. The van der Waals surface area contributed by atoms with Crippen molar-refractivity contribution in [1.82, 2.24) is 0 Å². The Balaban J connectivity index is 2.32. The minimum absolute atomic E-state index is 0.500. The number of allylic oxidation sites excluding steroid dienone is 6. The lowest BCUT2D eigenvalue weighted by Crippen LogP contribution is -1.79. The van der Waals surface area contributed by atoms with E-state index < -0.39 is 0 Å². The molecule has 1 aromatic rings. The number of aryl methyl sites for hydroxylation is 1. The van der Waals surface area contributed by atoms with Gasteiger partial charge in [0.25, 0.3) is 0 Å². The molecule has 0 amide bonds. The van der Waals surface area contributed by atoms with E-state index in [1.807, 2.05) is 19.1 Å². The molecule has 1 aromatic heterocycles. The molecule has 0 N–H and O–H groups in total. The van der Waals surface area contributed by atoms with E-state index in [1.54, 1.807) is 0 Å². The highest BCUT2D eigenvalue weighted by atomic mass is 16.3. The van der Waals surface area contributed by atoms with Gasteiger partial charge in [0.05, 0.1) is 0 Å². The van der Waals surface area contributed by atoms with E-state index in [9.17, 15) is 0 Å². The maximum atomic E-state index is 5.56. The molecule has 72 valence electrons. The standard InChI is InChI=1S/C13H14O/c1-10-4-3-5-12(8-6-10)13-9-7-11(2)14-13/h3-10H,1-2H3. The average Bonchev–Trinajstić information content (AvgIpc) is 2.46. The van der Waals surface area contributed by atoms with Crippen LogP contribution >= 0.6 is 0 Å². The van der Waals surface area contributed by atoms with Crippen LogP contribution in [0.5, 0.6) is 0 Å². The highest BCUT2D eigenvalue weighted by Crippen LogP contribution is 2.21. The van der Waals surface area contributed by atoms with Crippen LogP contribution in [-0.2, 0) is 0 Å². The second-order valence-electron chi connectivity index (χ2n) is 3.64. The summed E-state index contributed by atoms with van der Waals surface area (Å²) < 4.78 is 5.56. The van der Waals surface area contributed by atoms with Crippen LogP contribution in [-0.4, -0.2) is 0 Å². The van der Waals surface area contributed by atoms with Gasteiger partial charge in [0.2, 0.25) is 0 Å². The molecule has 1 heterocycles. The van der Waals surface area contributed by atoms with Crippen molar-refractivity contribution in [1.29, 1.82) is 0 Å². The topological polar surface area (TPSA) is 13.1 Å². The normalized spacial score (nSPS) is 20.7. The van der Waals surface area contributed by atoms with Crippen LogP contribution in [0.3, 0.4) is 0 Å². The van der Waals surface area contributed by atoms with Crippen LogP contribution in [0.25, 0.3) is 5.57 Å². The molecule has 0 fully saturated rings. The Bertz CT molecular complexity index is 405. The molecule has 1 heteroatoms. The monoisotopic (exact) mass is 186 g/mol. The second kappa shape index (κ2) is 3.70. The predicted octanol–water partition coefficient (Wildman–Crippen LogP) is 3.73. The fourth-order valence-electron chi connectivity index (χ4n) is 1.46. The molecular formula is C13H14O. The van der Waals surface area contributed by atoms with E-state index >= 15 is 0 Å². The molecule has 1 aliphatic carbocycles. The molecule has 0 aromatic carbocycles. The highest BCUT2D eigenvalue weighted by Gasteiger charge is 2.04. The van der Waals surface area contributed by atoms with Crippen molar-refractivity contribution in [2.24, 2.45) is 5.92 Å². The van der Waals surface area contributed by atoms with E-state index in [-0.39, 0.29) is 0 Å². The number of furan rings is 1. The third-order valence-corrected chi connectivity index (χ3v) is 2.29. The number of hydrogen-bond donors (Lipinski definition) is 0. The van der Waals surface area contributed by atoms with E-state index in [0.29, 0.717) is 5.92 Å². The molecule has 0 saturated heterocycles. The molecule has 0 bridgehead atoms. The van der Waals surface area contributed by atoms with Gasteiger partial charge in [0, 0.05) is 5.57 Å². The first kappa shape index (κ1) is 9.07. The summed E-state index contributed by atoms with van der Waals surface area (Å²) in [5, 5.41) is 0. The molecule has 0 saturated carbocycles. The maximum Gasteiger partial charge on any atom is 0.134 e. The van der Waals surface area contributed by atoms with Gasteiger partial charge >= 0.3 is 0 Å². The quantitative estimate of drug-likeness (QED) is 0.651. The first-order chi connectivity index (χ1) is 6.75. The maximum absolute atomic E-state index is 5.56. The smallest absolute Gasteiger partial charge is 0.134 e. The van der Waals surface area contributed by atoms with Crippen molar-refractivity contribution in [2.75, 3.05) is 0 Å². The molecule has 0 aliphatic heterocycles. The first-order valence-corrected chi connectivity index (χ1v) is 4.89. The molecule has 1 nitrogen and oxygen atoms in total. The molecule has 2 rings (SSSR count). The molecular weight excluding hydrogens is 172 g/mol. The molecule has 14 heavy (non-hydrogen) atoms. The molecule has 0 spiro atoms. The summed E-state index contributed by atoms with van der Waals surface area (Å²) in [4.78, 5) is 0. The van der Waals surface area contributed by atoms with Gasteiger partial charge in [-0.3, -0.25) is 0 Å². The summed E-state index contributed by atoms with van der Waals surface area (Å²) in [6, 6.07) is 4.00. The van der Waals surface area contributed by atoms with Gasteiger partial charge in [0.15, 0.2) is 0 Å². The van der Waals surface area contributed by atoms with Crippen molar-refractivity contribution in [3.63, 3.8) is 0 Å².